The van der Waals surface area contributed by atoms with Gasteiger partial charge in [-0.3, -0.25) is 0 Å². The number of benzene rings is 8. The first kappa shape index (κ1) is 28.0. The van der Waals surface area contributed by atoms with E-state index in [1.165, 1.54) is 76.5 Å². The second-order valence-corrected chi connectivity index (χ2v) is 13.3. The van der Waals surface area contributed by atoms with Gasteiger partial charge in [0.2, 0.25) is 0 Å². The summed E-state index contributed by atoms with van der Waals surface area (Å²) in [4.78, 5) is 0. The standard InChI is InChI=1S/C48H31N3/c1-2-15-32(16-3-1)34-17-4-9-23-41(34)51-45-27-13-8-21-38(45)40-22-14-28-46(48(40)51)50-44-26-12-7-20-37(44)39-30-29-33(31-47(39)50)49-42-24-10-5-18-35(42)36-19-6-11-25-43(36)49/h1-31H. The molecule has 0 saturated carbocycles. The molecule has 0 spiro atoms. The zero-order valence-corrected chi connectivity index (χ0v) is 27.7. The number of hydrogen-bond donors (Lipinski definition) is 0. The van der Waals surface area contributed by atoms with Gasteiger partial charge in [0.15, 0.2) is 0 Å². The van der Waals surface area contributed by atoms with Crippen molar-refractivity contribution in [2.45, 2.75) is 0 Å². The van der Waals surface area contributed by atoms with Crippen molar-refractivity contribution in [2.75, 3.05) is 0 Å². The van der Waals surface area contributed by atoms with Gasteiger partial charge in [-0.25, -0.2) is 0 Å². The topological polar surface area (TPSA) is 14.8 Å². The van der Waals surface area contributed by atoms with Crippen molar-refractivity contribution in [1.29, 1.82) is 0 Å². The summed E-state index contributed by atoms with van der Waals surface area (Å²) in [5.74, 6) is 0. The Morgan fingerprint density at radius 3 is 1.41 bits per heavy atom. The van der Waals surface area contributed by atoms with Crippen LogP contribution in [0.3, 0.4) is 0 Å². The first-order valence-electron chi connectivity index (χ1n) is 17.5. The number of aromatic nitrogens is 3. The summed E-state index contributed by atoms with van der Waals surface area (Å²) in [6.07, 6.45) is 0. The SMILES string of the molecule is c1ccc(-c2ccccc2-n2c3ccccc3c3cccc(-n4c5ccccc5c5ccc(-n6c7ccccc7c7ccccc76)cc54)c32)cc1. The molecule has 0 radical (unpaired) electrons. The van der Waals surface area contributed by atoms with Gasteiger partial charge in [0.1, 0.15) is 0 Å². The predicted octanol–water partition coefficient (Wildman–Crippen LogP) is 12.6. The quantitative estimate of drug-likeness (QED) is 0.180. The van der Waals surface area contributed by atoms with Crippen LogP contribution in [0.2, 0.25) is 0 Å². The first-order valence-corrected chi connectivity index (χ1v) is 17.5. The van der Waals surface area contributed by atoms with Gasteiger partial charge in [-0.15, -0.1) is 0 Å². The van der Waals surface area contributed by atoms with E-state index < -0.39 is 0 Å². The molecule has 11 aromatic rings. The second kappa shape index (κ2) is 10.8. The molecule has 0 saturated heterocycles. The van der Waals surface area contributed by atoms with Gasteiger partial charge in [0.25, 0.3) is 0 Å². The number of fused-ring (bicyclic) bond motifs is 9. The molecule has 3 nitrogen and oxygen atoms in total. The number of nitrogens with zero attached hydrogens (tertiary/aromatic N) is 3. The lowest BCUT2D eigenvalue weighted by Crippen LogP contribution is -2.02. The highest BCUT2D eigenvalue weighted by molar-refractivity contribution is 6.16. The van der Waals surface area contributed by atoms with Crippen LogP contribution in [0.1, 0.15) is 0 Å². The maximum Gasteiger partial charge on any atom is 0.0782 e. The monoisotopic (exact) mass is 649 g/mol. The molecular weight excluding hydrogens is 619 g/mol. The van der Waals surface area contributed by atoms with Crippen molar-refractivity contribution in [3.63, 3.8) is 0 Å². The minimum atomic E-state index is 1.14. The maximum atomic E-state index is 2.49. The van der Waals surface area contributed by atoms with Crippen molar-refractivity contribution in [3.05, 3.63) is 188 Å². The predicted molar refractivity (Wildman–Crippen MR) is 215 cm³/mol. The molecule has 3 heteroatoms. The molecule has 11 rings (SSSR count). The van der Waals surface area contributed by atoms with Crippen LogP contribution in [-0.4, -0.2) is 13.7 Å². The van der Waals surface area contributed by atoms with Gasteiger partial charge in [-0.1, -0.05) is 140 Å². The van der Waals surface area contributed by atoms with Crippen LogP contribution in [0, 0.1) is 0 Å². The van der Waals surface area contributed by atoms with Crippen molar-refractivity contribution in [1.82, 2.24) is 13.7 Å². The van der Waals surface area contributed by atoms with Gasteiger partial charge >= 0.3 is 0 Å². The molecule has 238 valence electrons. The van der Waals surface area contributed by atoms with E-state index in [4.69, 9.17) is 0 Å². The minimum absolute atomic E-state index is 1.14. The number of hydrogen-bond acceptors (Lipinski definition) is 0. The second-order valence-electron chi connectivity index (χ2n) is 13.3. The Bertz CT molecular complexity index is 3080. The molecule has 3 heterocycles. The normalized spacial score (nSPS) is 11.9. The van der Waals surface area contributed by atoms with E-state index >= 15 is 0 Å². The Morgan fingerprint density at radius 2 is 0.745 bits per heavy atom. The molecule has 0 aliphatic rings. The molecule has 51 heavy (non-hydrogen) atoms. The molecule has 0 amide bonds. The lowest BCUT2D eigenvalue weighted by Gasteiger charge is -2.17. The Labute approximate surface area is 294 Å². The highest BCUT2D eigenvalue weighted by atomic mass is 15.1. The van der Waals surface area contributed by atoms with Crippen molar-refractivity contribution in [3.8, 4) is 28.2 Å². The fraction of sp³-hybridized carbons (Fsp3) is 0. The molecule has 0 unspecified atom stereocenters. The number of rotatable bonds is 4. The molecule has 0 bridgehead atoms. The fourth-order valence-corrected chi connectivity index (χ4v) is 8.52. The summed E-state index contributed by atoms with van der Waals surface area (Å²) in [5, 5.41) is 7.48. The zero-order chi connectivity index (χ0) is 33.5. The van der Waals surface area contributed by atoms with E-state index in [1.807, 2.05) is 0 Å². The van der Waals surface area contributed by atoms with Crippen molar-refractivity contribution < 1.29 is 0 Å². The van der Waals surface area contributed by atoms with Gasteiger partial charge < -0.3 is 13.7 Å². The Morgan fingerprint density at radius 1 is 0.275 bits per heavy atom. The molecular formula is C48H31N3. The van der Waals surface area contributed by atoms with Crippen LogP contribution in [0.15, 0.2) is 188 Å². The van der Waals surface area contributed by atoms with E-state index in [-0.39, 0.29) is 0 Å². The highest BCUT2D eigenvalue weighted by Gasteiger charge is 2.22. The lowest BCUT2D eigenvalue weighted by atomic mass is 10.0. The average Bonchev–Trinajstić information content (AvgIpc) is 3.84. The van der Waals surface area contributed by atoms with E-state index in [9.17, 15) is 0 Å². The third-order valence-corrected chi connectivity index (χ3v) is 10.6. The summed E-state index contributed by atoms with van der Waals surface area (Å²) < 4.78 is 7.39. The number of para-hydroxylation sites is 6. The van der Waals surface area contributed by atoms with E-state index in [0.717, 1.165) is 17.1 Å². The maximum absolute atomic E-state index is 2.49. The van der Waals surface area contributed by atoms with E-state index in [1.54, 1.807) is 0 Å². The van der Waals surface area contributed by atoms with Gasteiger partial charge in [0, 0.05) is 43.6 Å². The highest BCUT2D eigenvalue weighted by Crippen LogP contribution is 2.42. The molecule has 0 fully saturated rings. The smallest absolute Gasteiger partial charge is 0.0782 e. The molecule has 8 aromatic carbocycles. The van der Waals surface area contributed by atoms with Crippen LogP contribution in [0.5, 0.6) is 0 Å². The van der Waals surface area contributed by atoms with Crippen LogP contribution in [0.4, 0.5) is 0 Å². The summed E-state index contributed by atoms with van der Waals surface area (Å²) in [6.45, 7) is 0. The summed E-state index contributed by atoms with van der Waals surface area (Å²) >= 11 is 0. The van der Waals surface area contributed by atoms with Gasteiger partial charge in [-0.2, -0.15) is 0 Å². The minimum Gasteiger partial charge on any atom is -0.309 e. The molecule has 3 aromatic heterocycles. The van der Waals surface area contributed by atoms with Crippen molar-refractivity contribution >= 4 is 65.4 Å². The average molecular weight is 650 g/mol. The van der Waals surface area contributed by atoms with E-state index in [0.29, 0.717) is 0 Å². The largest absolute Gasteiger partial charge is 0.309 e. The third kappa shape index (κ3) is 4.00. The first-order chi connectivity index (χ1) is 25.3. The van der Waals surface area contributed by atoms with E-state index in [2.05, 4.69) is 202 Å². The summed E-state index contributed by atoms with van der Waals surface area (Å²) in [6, 6.07) is 68.4. The van der Waals surface area contributed by atoms with Crippen LogP contribution < -0.4 is 0 Å². The third-order valence-electron chi connectivity index (χ3n) is 10.6. The Hall–Kier alpha value is -6.84. The molecule has 0 aliphatic heterocycles. The zero-order valence-electron chi connectivity index (χ0n) is 27.7. The van der Waals surface area contributed by atoms with Crippen molar-refractivity contribution in [2.24, 2.45) is 0 Å². The van der Waals surface area contributed by atoms with Gasteiger partial charge in [-0.05, 0) is 54.1 Å². The molecule has 0 aliphatic carbocycles. The van der Waals surface area contributed by atoms with Crippen LogP contribution in [-0.2, 0) is 0 Å². The lowest BCUT2D eigenvalue weighted by molar-refractivity contribution is 1.13. The Kier molecular flexibility index (Phi) is 5.96. The fourth-order valence-electron chi connectivity index (χ4n) is 8.52. The molecule has 0 N–H and O–H groups in total. The van der Waals surface area contributed by atoms with Crippen LogP contribution in [0.25, 0.3) is 93.6 Å². The summed E-state index contributed by atoms with van der Waals surface area (Å²) in [5.41, 5.74) is 13.0. The Balaban J connectivity index is 1.27. The van der Waals surface area contributed by atoms with Gasteiger partial charge in [0.05, 0.1) is 44.5 Å². The van der Waals surface area contributed by atoms with Crippen LogP contribution >= 0.6 is 0 Å². The molecule has 0 atom stereocenters. The summed E-state index contributed by atoms with van der Waals surface area (Å²) in [7, 11) is 0.